The van der Waals surface area contributed by atoms with E-state index in [2.05, 4.69) is 10.6 Å². The number of amides is 2. The van der Waals surface area contributed by atoms with E-state index in [1.807, 2.05) is 0 Å². The Kier molecular flexibility index (Phi) is 2.82. The molecule has 0 spiro atoms. The summed E-state index contributed by atoms with van der Waals surface area (Å²) in [6, 6.07) is 1.11. The van der Waals surface area contributed by atoms with Crippen LogP contribution in [0.3, 0.4) is 0 Å². The maximum absolute atomic E-state index is 12.4. The standard InChI is InChI=1S/C18H28N2O/c21-18(20-17(10-4-5-10)11-6-7-11)19-16-9-12-8-15(16)14-3-1-2-13(12)14/h10-17H,1-9H2,(H2,19,20,21). The van der Waals surface area contributed by atoms with E-state index in [0.29, 0.717) is 12.1 Å². The van der Waals surface area contributed by atoms with Gasteiger partial charge in [0.25, 0.3) is 0 Å². The van der Waals surface area contributed by atoms with Crippen LogP contribution in [0, 0.1) is 35.5 Å². The number of hydrogen-bond donors (Lipinski definition) is 2. The largest absolute Gasteiger partial charge is 0.335 e. The van der Waals surface area contributed by atoms with E-state index in [-0.39, 0.29) is 6.03 Å². The molecule has 0 aromatic rings. The average molecular weight is 288 g/mol. The number of rotatable bonds is 4. The van der Waals surface area contributed by atoms with E-state index < -0.39 is 0 Å². The summed E-state index contributed by atoms with van der Waals surface area (Å²) >= 11 is 0. The first kappa shape index (κ1) is 12.8. The molecule has 5 aliphatic carbocycles. The molecule has 5 unspecified atom stereocenters. The summed E-state index contributed by atoms with van der Waals surface area (Å²) in [6.45, 7) is 0. The van der Waals surface area contributed by atoms with Gasteiger partial charge in [-0.05, 0) is 86.9 Å². The molecular formula is C18H28N2O. The highest BCUT2D eigenvalue weighted by atomic mass is 16.2. The van der Waals surface area contributed by atoms with Crippen LogP contribution in [0.15, 0.2) is 0 Å². The number of carbonyl (C=O) groups is 1. The third kappa shape index (κ3) is 2.19. The van der Waals surface area contributed by atoms with Crippen LogP contribution in [0.5, 0.6) is 0 Å². The van der Waals surface area contributed by atoms with Gasteiger partial charge in [-0.25, -0.2) is 4.79 Å². The maximum atomic E-state index is 12.4. The van der Waals surface area contributed by atoms with E-state index in [9.17, 15) is 4.79 Å². The fraction of sp³-hybridized carbons (Fsp3) is 0.944. The number of hydrogen-bond acceptors (Lipinski definition) is 1. The number of urea groups is 1. The van der Waals surface area contributed by atoms with Crippen molar-refractivity contribution in [1.82, 2.24) is 10.6 Å². The molecule has 2 amide bonds. The summed E-state index contributed by atoms with van der Waals surface area (Å²) in [7, 11) is 0. The monoisotopic (exact) mass is 288 g/mol. The van der Waals surface area contributed by atoms with Gasteiger partial charge in [0, 0.05) is 12.1 Å². The zero-order chi connectivity index (χ0) is 14.0. The lowest BCUT2D eigenvalue weighted by atomic mass is 9.79. The minimum Gasteiger partial charge on any atom is -0.335 e. The molecule has 3 nitrogen and oxygen atoms in total. The van der Waals surface area contributed by atoms with Crippen LogP contribution >= 0.6 is 0 Å². The van der Waals surface area contributed by atoms with Crippen molar-refractivity contribution >= 4 is 6.03 Å². The van der Waals surface area contributed by atoms with E-state index in [1.165, 1.54) is 57.8 Å². The predicted octanol–water partition coefficient (Wildman–Crippen LogP) is 3.30. The van der Waals surface area contributed by atoms with E-state index in [4.69, 9.17) is 0 Å². The Bertz CT molecular complexity index is 430. The van der Waals surface area contributed by atoms with Gasteiger partial charge in [0.2, 0.25) is 0 Å². The molecule has 2 bridgehead atoms. The Morgan fingerprint density at radius 2 is 1.57 bits per heavy atom. The van der Waals surface area contributed by atoms with Crippen molar-refractivity contribution < 1.29 is 4.79 Å². The van der Waals surface area contributed by atoms with Crippen molar-refractivity contribution in [1.29, 1.82) is 0 Å². The first-order chi connectivity index (χ1) is 10.3. The van der Waals surface area contributed by atoms with Gasteiger partial charge in [0.05, 0.1) is 0 Å². The highest BCUT2D eigenvalue weighted by Gasteiger charge is 2.54. The second kappa shape index (κ2) is 4.63. The topological polar surface area (TPSA) is 41.1 Å². The Hall–Kier alpha value is -0.730. The second-order valence-corrected chi connectivity index (χ2v) is 8.58. The van der Waals surface area contributed by atoms with Crippen molar-refractivity contribution in [3.05, 3.63) is 0 Å². The summed E-state index contributed by atoms with van der Waals surface area (Å²) in [4.78, 5) is 12.4. The molecule has 5 rings (SSSR count). The lowest BCUT2D eigenvalue weighted by Crippen LogP contribution is -2.50. The van der Waals surface area contributed by atoms with Gasteiger partial charge < -0.3 is 10.6 Å². The summed E-state index contributed by atoms with van der Waals surface area (Å²) in [6.07, 6.45) is 12.3. The summed E-state index contributed by atoms with van der Waals surface area (Å²) in [5.41, 5.74) is 0. The molecule has 21 heavy (non-hydrogen) atoms. The third-order valence-electron chi connectivity index (χ3n) is 7.30. The molecular weight excluding hydrogens is 260 g/mol. The predicted molar refractivity (Wildman–Crippen MR) is 81.7 cm³/mol. The van der Waals surface area contributed by atoms with Crippen molar-refractivity contribution in [2.45, 2.75) is 69.9 Å². The van der Waals surface area contributed by atoms with Crippen molar-refractivity contribution in [3.63, 3.8) is 0 Å². The number of fused-ring (bicyclic) bond motifs is 5. The first-order valence-corrected chi connectivity index (χ1v) is 9.36. The van der Waals surface area contributed by atoms with Gasteiger partial charge in [0.15, 0.2) is 0 Å². The van der Waals surface area contributed by atoms with Crippen LogP contribution in [0.1, 0.15) is 57.8 Å². The molecule has 0 aliphatic heterocycles. The van der Waals surface area contributed by atoms with Gasteiger partial charge in [0.1, 0.15) is 0 Å². The zero-order valence-electron chi connectivity index (χ0n) is 12.9. The normalized spacial score (nSPS) is 44.1. The van der Waals surface area contributed by atoms with Crippen molar-refractivity contribution in [2.24, 2.45) is 35.5 Å². The third-order valence-corrected chi connectivity index (χ3v) is 7.30. The molecule has 5 saturated carbocycles. The van der Waals surface area contributed by atoms with Gasteiger partial charge >= 0.3 is 6.03 Å². The molecule has 0 radical (unpaired) electrons. The first-order valence-electron chi connectivity index (χ1n) is 9.36. The van der Waals surface area contributed by atoms with Crippen molar-refractivity contribution in [2.75, 3.05) is 0 Å². The van der Waals surface area contributed by atoms with Crippen LogP contribution in [-0.2, 0) is 0 Å². The quantitative estimate of drug-likeness (QED) is 0.819. The molecule has 0 heterocycles. The average Bonchev–Trinajstić information content (AvgIpc) is 3.36. The molecule has 5 atom stereocenters. The molecule has 2 N–H and O–H groups in total. The van der Waals surface area contributed by atoms with E-state index >= 15 is 0 Å². The van der Waals surface area contributed by atoms with Gasteiger partial charge in [-0.3, -0.25) is 0 Å². The number of carbonyl (C=O) groups excluding carboxylic acids is 1. The fourth-order valence-electron chi connectivity index (χ4n) is 6.13. The molecule has 0 saturated heterocycles. The summed E-state index contributed by atoms with van der Waals surface area (Å²) < 4.78 is 0. The lowest BCUT2D eigenvalue weighted by Gasteiger charge is -2.32. The smallest absolute Gasteiger partial charge is 0.315 e. The van der Waals surface area contributed by atoms with Crippen LogP contribution in [-0.4, -0.2) is 18.1 Å². The fourth-order valence-corrected chi connectivity index (χ4v) is 6.13. The Morgan fingerprint density at radius 1 is 0.857 bits per heavy atom. The molecule has 0 aromatic carbocycles. The van der Waals surface area contributed by atoms with Gasteiger partial charge in [-0.1, -0.05) is 6.42 Å². The number of nitrogens with one attached hydrogen (secondary N) is 2. The Labute approximate surface area is 127 Å². The molecule has 116 valence electrons. The molecule has 3 heteroatoms. The minimum absolute atomic E-state index is 0.144. The van der Waals surface area contributed by atoms with Gasteiger partial charge in [-0.15, -0.1) is 0 Å². The second-order valence-electron chi connectivity index (χ2n) is 8.58. The Balaban J connectivity index is 1.19. The highest BCUT2D eigenvalue weighted by Crippen LogP contribution is 2.58. The van der Waals surface area contributed by atoms with Crippen LogP contribution in [0.2, 0.25) is 0 Å². The van der Waals surface area contributed by atoms with Crippen LogP contribution < -0.4 is 10.6 Å². The molecule has 5 aliphatic rings. The maximum Gasteiger partial charge on any atom is 0.315 e. The zero-order valence-corrected chi connectivity index (χ0v) is 12.9. The lowest BCUT2D eigenvalue weighted by molar-refractivity contribution is 0.194. The molecule has 5 fully saturated rings. The summed E-state index contributed by atoms with van der Waals surface area (Å²) in [5, 5.41) is 6.71. The summed E-state index contributed by atoms with van der Waals surface area (Å²) in [5.74, 6) is 5.27. The van der Waals surface area contributed by atoms with E-state index in [1.54, 1.807) is 0 Å². The Morgan fingerprint density at radius 3 is 2.29 bits per heavy atom. The van der Waals surface area contributed by atoms with Gasteiger partial charge in [-0.2, -0.15) is 0 Å². The minimum atomic E-state index is 0.144. The van der Waals surface area contributed by atoms with Crippen molar-refractivity contribution in [3.8, 4) is 0 Å². The van der Waals surface area contributed by atoms with Crippen LogP contribution in [0.4, 0.5) is 4.79 Å². The highest BCUT2D eigenvalue weighted by molar-refractivity contribution is 5.75. The van der Waals surface area contributed by atoms with E-state index in [0.717, 1.165) is 35.5 Å². The molecule has 0 aromatic heterocycles. The van der Waals surface area contributed by atoms with Crippen LogP contribution in [0.25, 0.3) is 0 Å². The SMILES string of the molecule is O=C(NC1CC2CC1C1CCCC21)NC(C1CC1)C1CC1.